The Kier molecular flexibility index (Phi) is 8.35. The van der Waals surface area contributed by atoms with E-state index in [0.717, 1.165) is 24.1 Å². The summed E-state index contributed by atoms with van der Waals surface area (Å²) in [4.78, 5) is 24.5. The largest absolute Gasteiger partial charge is 0.356 e. The average Bonchev–Trinajstić information content (AvgIpc) is 2.80. The van der Waals surface area contributed by atoms with E-state index in [1.165, 1.54) is 16.4 Å². The normalized spacial score (nSPS) is 17.0. The number of nitrogens with one attached hydrogen (secondary N) is 2. The lowest BCUT2D eigenvalue weighted by Crippen LogP contribution is -2.45. The molecule has 1 fully saturated rings. The second-order valence-electron chi connectivity index (χ2n) is 7.78. The molecule has 7 nitrogen and oxygen atoms in total. The van der Waals surface area contributed by atoms with Gasteiger partial charge in [0.2, 0.25) is 21.8 Å². The molecule has 9 heteroatoms. The first kappa shape index (κ1) is 23.9. The minimum absolute atomic E-state index is 0.00660. The number of benzene rings is 2. The number of amides is 2. The van der Waals surface area contributed by atoms with Crippen molar-refractivity contribution in [2.75, 3.05) is 26.2 Å². The third-order valence-electron chi connectivity index (χ3n) is 5.44. The van der Waals surface area contributed by atoms with E-state index in [-0.39, 0.29) is 36.2 Å². The Morgan fingerprint density at radius 1 is 1.00 bits per heavy atom. The monoisotopic (exact) mass is 461 g/mol. The van der Waals surface area contributed by atoms with Crippen LogP contribution >= 0.6 is 0 Å². The van der Waals surface area contributed by atoms with Crippen LogP contribution in [0.4, 0.5) is 4.39 Å². The SMILES string of the molecule is O=C(CCNC(=O)[C@H]1CCCN(S(=O)(=O)c2ccc(F)cc2)C1)NCCc1ccccc1. The summed E-state index contributed by atoms with van der Waals surface area (Å²) in [6, 6.07) is 14.5. The smallest absolute Gasteiger partial charge is 0.243 e. The molecule has 1 aliphatic rings. The summed E-state index contributed by atoms with van der Waals surface area (Å²) in [6.45, 7) is 1.09. The molecule has 0 spiro atoms. The number of rotatable bonds is 9. The number of piperidine rings is 1. The van der Waals surface area contributed by atoms with Crippen molar-refractivity contribution in [1.82, 2.24) is 14.9 Å². The van der Waals surface area contributed by atoms with Gasteiger partial charge in [0, 0.05) is 32.6 Å². The number of carbonyl (C=O) groups is 2. The topological polar surface area (TPSA) is 95.6 Å². The standard InChI is InChI=1S/C23H28FN3O4S/c24-20-8-10-21(11-9-20)32(30,31)27-16-4-7-19(17-27)23(29)26-15-13-22(28)25-14-12-18-5-2-1-3-6-18/h1-3,5-6,8-11,19H,4,7,12-17H2,(H,25,28)(H,26,29)/t19-/m0/s1. The average molecular weight is 462 g/mol. The summed E-state index contributed by atoms with van der Waals surface area (Å²) >= 11 is 0. The van der Waals surface area contributed by atoms with Crippen LogP contribution in [0.3, 0.4) is 0 Å². The maximum atomic E-state index is 13.1. The zero-order chi connectivity index (χ0) is 23.0. The number of hydrogen-bond acceptors (Lipinski definition) is 4. The predicted molar refractivity (Wildman–Crippen MR) is 119 cm³/mol. The Morgan fingerprint density at radius 3 is 2.44 bits per heavy atom. The van der Waals surface area contributed by atoms with Gasteiger partial charge in [-0.25, -0.2) is 12.8 Å². The van der Waals surface area contributed by atoms with Gasteiger partial charge in [-0.15, -0.1) is 0 Å². The first-order valence-corrected chi connectivity index (χ1v) is 12.1. The van der Waals surface area contributed by atoms with Crippen molar-refractivity contribution >= 4 is 21.8 Å². The van der Waals surface area contributed by atoms with Gasteiger partial charge in [0.15, 0.2) is 0 Å². The fourth-order valence-electron chi connectivity index (χ4n) is 3.65. The van der Waals surface area contributed by atoms with Crippen LogP contribution < -0.4 is 10.6 Å². The molecule has 0 radical (unpaired) electrons. The first-order chi connectivity index (χ1) is 15.4. The van der Waals surface area contributed by atoms with Gasteiger partial charge in [-0.2, -0.15) is 4.31 Å². The Morgan fingerprint density at radius 2 is 1.72 bits per heavy atom. The van der Waals surface area contributed by atoms with Crippen LogP contribution in [0.5, 0.6) is 0 Å². The molecular formula is C23H28FN3O4S. The van der Waals surface area contributed by atoms with Crippen LogP contribution in [-0.2, 0) is 26.0 Å². The molecular weight excluding hydrogens is 433 g/mol. The molecule has 3 rings (SSSR count). The van der Waals surface area contributed by atoms with Gasteiger partial charge in [0.1, 0.15) is 5.82 Å². The van der Waals surface area contributed by atoms with Crippen molar-refractivity contribution < 1.29 is 22.4 Å². The highest BCUT2D eigenvalue weighted by Crippen LogP contribution is 2.24. The zero-order valence-electron chi connectivity index (χ0n) is 17.8. The van der Waals surface area contributed by atoms with E-state index in [0.29, 0.717) is 25.9 Å². The van der Waals surface area contributed by atoms with Gasteiger partial charge in [-0.3, -0.25) is 9.59 Å². The first-order valence-electron chi connectivity index (χ1n) is 10.7. The molecule has 2 aromatic carbocycles. The third kappa shape index (κ3) is 6.61. The van der Waals surface area contributed by atoms with Crippen LogP contribution in [0.2, 0.25) is 0 Å². The molecule has 2 amide bonds. The highest BCUT2D eigenvalue weighted by Gasteiger charge is 2.33. The molecule has 0 bridgehead atoms. The molecule has 1 atom stereocenters. The highest BCUT2D eigenvalue weighted by molar-refractivity contribution is 7.89. The summed E-state index contributed by atoms with van der Waals surface area (Å²) in [5, 5.41) is 5.57. The van der Waals surface area contributed by atoms with E-state index in [4.69, 9.17) is 0 Å². The molecule has 1 saturated heterocycles. The molecule has 172 valence electrons. The van der Waals surface area contributed by atoms with E-state index in [2.05, 4.69) is 10.6 Å². The Bertz CT molecular complexity index is 1010. The summed E-state index contributed by atoms with van der Waals surface area (Å²) in [5.74, 6) is -1.41. The fraction of sp³-hybridized carbons (Fsp3) is 0.391. The molecule has 32 heavy (non-hydrogen) atoms. The summed E-state index contributed by atoms with van der Waals surface area (Å²) in [6.07, 6.45) is 2.02. The van der Waals surface area contributed by atoms with Crippen molar-refractivity contribution in [3.05, 3.63) is 66.0 Å². The number of carbonyl (C=O) groups excluding carboxylic acids is 2. The molecule has 0 unspecified atom stereocenters. The molecule has 0 aliphatic carbocycles. The molecule has 0 saturated carbocycles. The maximum absolute atomic E-state index is 13.1. The minimum atomic E-state index is -3.79. The molecule has 2 aromatic rings. The number of hydrogen-bond donors (Lipinski definition) is 2. The van der Waals surface area contributed by atoms with Crippen LogP contribution in [-0.4, -0.2) is 50.7 Å². The van der Waals surface area contributed by atoms with Crippen LogP contribution in [0, 0.1) is 11.7 Å². The van der Waals surface area contributed by atoms with E-state index < -0.39 is 21.8 Å². The number of nitrogens with zero attached hydrogens (tertiary/aromatic N) is 1. The Labute approximate surface area is 188 Å². The van der Waals surface area contributed by atoms with Crippen LogP contribution in [0.15, 0.2) is 59.5 Å². The van der Waals surface area contributed by atoms with Gasteiger partial charge in [-0.05, 0) is 49.1 Å². The number of halogens is 1. The maximum Gasteiger partial charge on any atom is 0.243 e. The zero-order valence-corrected chi connectivity index (χ0v) is 18.6. The third-order valence-corrected chi connectivity index (χ3v) is 7.32. The number of sulfonamides is 1. The van der Waals surface area contributed by atoms with Crippen LogP contribution in [0.25, 0.3) is 0 Å². The van der Waals surface area contributed by atoms with Gasteiger partial charge < -0.3 is 10.6 Å². The minimum Gasteiger partial charge on any atom is -0.356 e. The second kappa shape index (κ2) is 11.2. The van der Waals surface area contributed by atoms with Crippen molar-refractivity contribution in [3.8, 4) is 0 Å². The second-order valence-corrected chi connectivity index (χ2v) is 9.72. The molecule has 2 N–H and O–H groups in total. The van der Waals surface area contributed by atoms with Gasteiger partial charge in [0.25, 0.3) is 0 Å². The lowest BCUT2D eigenvalue weighted by molar-refractivity contribution is -0.126. The highest BCUT2D eigenvalue weighted by atomic mass is 32.2. The Hall–Kier alpha value is -2.78. The Balaban J connectivity index is 1.42. The summed E-state index contributed by atoms with van der Waals surface area (Å²) in [5.41, 5.74) is 1.14. The van der Waals surface area contributed by atoms with E-state index in [9.17, 15) is 22.4 Å². The van der Waals surface area contributed by atoms with Gasteiger partial charge >= 0.3 is 0 Å². The lowest BCUT2D eigenvalue weighted by atomic mass is 9.99. The van der Waals surface area contributed by atoms with Crippen molar-refractivity contribution in [2.24, 2.45) is 5.92 Å². The lowest BCUT2D eigenvalue weighted by Gasteiger charge is -2.31. The van der Waals surface area contributed by atoms with Crippen LogP contribution in [0.1, 0.15) is 24.8 Å². The molecule has 1 aliphatic heterocycles. The van der Waals surface area contributed by atoms with E-state index in [1.807, 2.05) is 30.3 Å². The van der Waals surface area contributed by atoms with Crippen molar-refractivity contribution in [3.63, 3.8) is 0 Å². The summed E-state index contributed by atoms with van der Waals surface area (Å²) < 4.78 is 40.0. The summed E-state index contributed by atoms with van der Waals surface area (Å²) in [7, 11) is -3.79. The molecule has 1 heterocycles. The predicted octanol–water partition coefficient (Wildman–Crippen LogP) is 2.09. The van der Waals surface area contributed by atoms with E-state index >= 15 is 0 Å². The van der Waals surface area contributed by atoms with Gasteiger partial charge in [0.05, 0.1) is 10.8 Å². The fourth-order valence-corrected chi connectivity index (χ4v) is 5.18. The van der Waals surface area contributed by atoms with Crippen molar-refractivity contribution in [1.29, 1.82) is 0 Å². The molecule has 0 aromatic heterocycles. The van der Waals surface area contributed by atoms with Crippen molar-refractivity contribution in [2.45, 2.75) is 30.6 Å². The quantitative estimate of drug-likeness (QED) is 0.598. The van der Waals surface area contributed by atoms with Gasteiger partial charge in [-0.1, -0.05) is 30.3 Å². The van der Waals surface area contributed by atoms with E-state index in [1.54, 1.807) is 0 Å².